The van der Waals surface area contributed by atoms with Crippen molar-refractivity contribution in [2.75, 3.05) is 6.54 Å². The first-order valence-electron chi connectivity index (χ1n) is 7.04. The summed E-state index contributed by atoms with van der Waals surface area (Å²) < 4.78 is 27.3. The summed E-state index contributed by atoms with van der Waals surface area (Å²) in [5.74, 6) is 0.359. The van der Waals surface area contributed by atoms with Gasteiger partial charge in [0.15, 0.2) is 0 Å². The van der Waals surface area contributed by atoms with E-state index in [0.29, 0.717) is 5.92 Å². The van der Waals surface area contributed by atoms with Gasteiger partial charge in [-0.15, -0.1) is 0 Å². The minimum atomic E-state index is -3.85. The molecule has 2 rings (SSSR count). The van der Waals surface area contributed by atoms with Crippen LogP contribution < -0.4 is 14.6 Å². The average Bonchev–Trinajstić information content (AvgIpc) is 2.73. The van der Waals surface area contributed by atoms with E-state index in [4.69, 9.17) is 9.84 Å². The van der Waals surface area contributed by atoms with Gasteiger partial charge >= 0.3 is 5.97 Å². The van der Waals surface area contributed by atoms with Crippen molar-refractivity contribution in [3.63, 3.8) is 0 Å². The molecule has 0 fully saturated rings. The van der Waals surface area contributed by atoms with E-state index in [2.05, 4.69) is 31.6 Å². The molecule has 0 saturated carbocycles. The topological polar surface area (TPSA) is 119 Å². The third-order valence-corrected chi connectivity index (χ3v) is 3.55. The number of benzene rings is 1. The second-order valence-electron chi connectivity index (χ2n) is 5.52. The molecule has 0 aliphatic carbocycles. The molecule has 1 heterocycles. The Labute approximate surface area is 136 Å². The molecule has 8 heteroatoms. The first-order chi connectivity index (χ1) is 10.6. The molecule has 4 N–H and O–H groups in total. The van der Waals surface area contributed by atoms with E-state index in [9.17, 15) is 13.2 Å². The molecule has 0 amide bonds. The minimum absolute atomic E-state index is 0.187. The van der Waals surface area contributed by atoms with Crippen molar-refractivity contribution in [1.29, 1.82) is 0 Å². The fourth-order valence-corrected chi connectivity index (χ4v) is 2.34. The smallest absolute Gasteiger partial charge is 0.318 e. The zero-order chi connectivity index (χ0) is 17.6. The van der Waals surface area contributed by atoms with Gasteiger partial charge in [-0.1, -0.05) is 38.6 Å². The third-order valence-electron chi connectivity index (χ3n) is 3.00. The van der Waals surface area contributed by atoms with Crippen molar-refractivity contribution in [3.05, 3.63) is 36.4 Å². The van der Waals surface area contributed by atoms with Crippen LogP contribution in [0.15, 0.2) is 30.8 Å². The number of hydrogen-bond donors (Lipinski definition) is 3. The van der Waals surface area contributed by atoms with Gasteiger partial charge in [-0.2, -0.15) is 13.1 Å². The molecule has 0 spiro atoms. The maximum Gasteiger partial charge on any atom is 0.318 e. The fourth-order valence-electron chi connectivity index (χ4n) is 2.01. The molecule has 1 aliphatic rings. The maximum absolute atomic E-state index is 9.94. The number of nitrogens with two attached hydrogens (primary N) is 1. The number of hydrogen-bond acceptors (Lipinski definition) is 4. The van der Waals surface area contributed by atoms with Crippen LogP contribution in [0.3, 0.4) is 0 Å². The molecule has 0 radical (unpaired) electrons. The molecular weight excluding hydrogens is 320 g/mol. The van der Waals surface area contributed by atoms with Crippen LogP contribution in [0.25, 0.3) is 5.57 Å². The normalized spacial score (nSPS) is 16.3. The highest BCUT2D eigenvalue weighted by Crippen LogP contribution is 2.38. The summed E-state index contributed by atoms with van der Waals surface area (Å²) in [4.78, 5) is 9.66. The molecule has 1 atom stereocenters. The highest BCUT2D eigenvalue weighted by molar-refractivity contribution is 7.87. The van der Waals surface area contributed by atoms with Crippen LogP contribution in [0.2, 0.25) is 0 Å². The highest BCUT2D eigenvalue weighted by Gasteiger charge is 2.26. The molecule has 7 nitrogen and oxygen atoms in total. The van der Waals surface area contributed by atoms with E-state index >= 15 is 0 Å². The van der Waals surface area contributed by atoms with Crippen molar-refractivity contribution in [3.8, 4) is 5.75 Å². The number of aliphatic carboxylic acids is 1. The van der Waals surface area contributed by atoms with Gasteiger partial charge in [-0.05, 0) is 24.0 Å². The fraction of sp³-hybridized carbons (Fsp3) is 0.400. The number of nitrogens with one attached hydrogen (secondary N) is 1. The maximum atomic E-state index is 9.94. The van der Waals surface area contributed by atoms with E-state index < -0.39 is 22.7 Å². The largest absolute Gasteiger partial charge is 0.485 e. The van der Waals surface area contributed by atoms with Crippen molar-refractivity contribution in [2.24, 2.45) is 11.1 Å². The number of ether oxygens (including phenoxy) is 1. The standard InChI is InChI=1S/C13H16O.C2H6N2O4S/c1-9(2)8-13-10(3)11-6-4-5-7-12(11)14-13;3-9(7,8)4-1-2(5)6/h4-7,9,13H,3,8H2,1-2H3;4H,1H2,(H,5,6)(H2,3,7,8). The van der Waals surface area contributed by atoms with Crippen LogP contribution in [0.5, 0.6) is 5.75 Å². The average molecular weight is 342 g/mol. The van der Waals surface area contributed by atoms with Gasteiger partial charge in [0.25, 0.3) is 10.2 Å². The van der Waals surface area contributed by atoms with E-state index in [-0.39, 0.29) is 6.10 Å². The van der Waals surface area contributed by atoms with Gasteiger partial charge in [0, 0.05) is 5.56 Å². The molecule has 0 saturated heterocycles. The lowest BCUT2D eigenvalue weighted by atomic mass is 9.98. The van der Waals surface area contributed by atoms with Gasteiger partial charge in [-0.25, -0.2) is 5.14 Å². The number of rotatable bonds is 5. The Balaban J connectivity index is 0.000000257. The van der Waals surface area contributed by atoms with Crippen LogP contribution in [-0.2, 0) is 15.0 Å². The first kappa shape index (κ1) is 19.1. The Bertz CT molecular complexity index is 670. The molecule has 0 bridgehead atoms. The van der Waals surface area contributed by atoms with Gasteiger partial charge in [-0.3, -0.25) is 4.79 Å². The Morgan fingerprint density at radius 2 is 2.04 bits per heavy atom. The van der Waals surface area contributed by atoms with Crippen LogP contribution in [0.4, 0.5) is 0 Å². The van der Waals surface area contributed by atoms with Crippen LogP contribution >= 0.6 is 0 Å². The van der Waals surface area contributed by atoms with Crippen molar-refractivity contribution < 1.29 is 23.1 Å². The second-order valence-corrected chi connectivity index (χ2v) is 6.90. The van der Waals surface area contributed by atoms with Crippen LogP contribution in [0, 0.1) is 5.92 Å². The second kappa shape index (κ2) is 8.09. The number of para-hydroxylation sites is 1. The molecular formula is C15H22N2O5S. The number of carboxylic acid groups (broad SMARTS) is 1. The lowest BCUT2D eigenvalue weighted by Gasteiger charge is -2.13. The predicted molar refractivity (Wildman–Crippen MR) is 88.1 cm³/mol. The lowest BCUT2D eigenvalue weighted by Crippen LogP contribution is -2.34. The van der Waals surface area contributed by atoms with Crippen LogP contribution in [-0.4, -0.2) is 32.1 Å². The first-order valence-corrected chi connectivity index (χ1v) is 8.58. The molecule has 128 valence electrons. The van der Waals surface area contributed by atoms with E-state index in [1.165, 1.54) is 5.56 Å². The van der Waals surface area contributed by atoms with Crippen molar-refractivity contribution >= 4 is 21.8 Å². The van der Waals surface area contributed by atoms with Gasteiger partial charge in [0.2, 0.25) is 0 Å². The summed E-state index contributed by atoms with van der Waals surface area (Å²) in [6, 6.07) is 8.13. The van der Waals surface area contributed by atoms with E-state index in [1.807, 2.05) is 18.2 Å². The number of fused-ring (bicyclic) bond motifs is 1. The molecule has 1 aliphatic heterocycles. The molecule has 1 unspecified atom stereocenters. The lowest BCUT2D eigenvalue weighted by molar-refractivity contribution is -0.135. The summed E-state index contributed by atoms with van der Waals surface area (Å²) in [5, 5.41) is 12.3. The number of carboxylic acids is 1. The SMILES string of the molecule is C=C1c2ccccc2OC1CC(C)C.NS(=O)(=O)NCC(=O)O. The molecule has 23 heavy (non-hydrogen) atoms. The Hall–Kier alpha value is -1.90. The predicted octanol–water partition coefficient (Wildman–Crippen LogP) is 1.37. The van der Waals surface area contributed by atoms with Crippen molar-refractivity contribution in [2.45, 2.75) is 26.4 Å². The summed E-state index contributed by atoms with van der Waals surface area (Å²) in [7, 11) is -3.85. The van der Waals surface area contributed by atoms with Gasteiger partial charge in [0.05, 0.1) is 0 Å². The van der Waals surface area contributed by atoms with E-state index in [1.54, 1.807) is 4.72 Å². The van der Waals surface area contributed by atoms with Gasteiger partial charge < -0.3 is 9.84 Å². The Morgan fingerprint density at radius 3 is 2.48 bits per heavy atom. The van der Waals surface area contributed by atoms with Crippen LogP contribution in [0.1, 0.15) is 25.8 Å². The monoisotopic (exact) mass is 342 g/mol. The third kappa shape index (κ3) is 6.81. The summed E-state index contributed by atoms with van der Waals surface area (Å²) in [6.07, 6.45) is 1.24. The minimum Gasteiger partial charge on any atom is -0.485 e. The highest BCUT2D eigenvalue weighted by atomic mass is 32.2. The zero-order valence-corrected chi connectivity index (χ0v) is 14.0. The Morgan fingerprint density at radius 1 is 1.43 bits per heavy atom. The summed E-state index contributed by atoms with van der Waals surface area (Å²) in [5.41, 5.74) is 2.31. The molecule has 0 aromatic heterocycles. The quantitative estimate of drug-likeness (QED) is 0.747. The zero-order valence-electron chi connectivity index (χ0n) is 13.2. The molecule has 1 aromatic rings. The van der Waals surface area contributed by atoms with Crippen molar-refractivity contribution in [1.82, 2.24) is 4.72 Å². The summed E-state index contributed by atoms with van der Waals surface area (Å²) >= 11 is 0. The summed E-state index contributed by atoms with van der Waals surface area (Å²) in [6.45, 7) is 7.84. The Kier molecular flexibility index (Phi) is 6.74. The van der Waals surface area contributed by atoms with Gasteiger partial charge in [0.1, 0.15) is 18.4 Å². The van der Waals surface area contributed by atoms with E-state index in [0.717, 1.165) is 17.7 Å². The molecule has 1 aromatic carbocycles. The number of carbonyl (C=O) groups is 1.